The summed E-state index contributed by atoms with van der Waals surface area (Å²) in [6, 6.07) is -8.88. The van der Waals surface area contributed by atoms with Gasteiger partial charge in [0.15, 0.2) is 5.96 Å². The van der Waals surface area contributed by atoms with Crippen LogP contribution >= 0.6 is 0 Å². The first kappa shape index (κ1) is 43.2. The number of carbonyl (C=O) groups excluding carboxylic acids is 5. The van der Waals surface area contributed by atoms with E-state index in [-0.39, 0.29) is 37.7 Å². The minimum atomic E-state index is -1.79. The van der Waals surface area contributed by atoms with Crippen LogP contribution in [0.2, 0.25) is 0 Å². The summed E-state index contributed by atoms with van der Waals surface area (Å²) in [4.78, 5) is 83.5. The Morgan fingerprint density at radius 2 is 1.36 bits per heavy atom. The molecule has 1 rings (SSSR count). The van der Waals surface area contributed by atoms with Crippen LogP contribution in [-0.2, 0) is 35.2 Å². The third-order valence-corrected chi connectivity index (χ3v) is 7.20. The molecule has 0 saturated carbocycles. The molecule has 21 nitrogen and oxygen atoms in total. The number of hydrogen-bond donors (Lipinski definition) is 14. The van der Waals surface area contributed by atoms with E-state index in [1.165, 1.54) is 12.5 Å². The number of aliphatic hydroxyl groups is 3. The highest BCUT2D eigenvalue weighted by Crippen LogP contribution is 2.06. The van der Waals surface area contributed by atoms with Gasteiger partial charge >= 0.3 is 5.97 Å². The predicted molar refractivity (Wildman–Crippen MR) is 177 cm³/mol. The minimum absolute atomic E-state index is 0.0119. The van der Waals surface area contributed by atoms with Gasteiger partial charge < -0.3 is 68.8 Å². The molecule has 1 aromatic rings. The number of nitrogens with zero attached hydrogens (tertiary/aromatic N) is 1. The van der Waals surface area contributed by atoms with Crippen molar-refractivity contribution in [2.24, 2.45) is 17.4 Å². The number of carboxylic acid groups (broad SMARTS) is 1. The summed E-state index contributed by atoms with van der Waals surface area (Å²) in [7, 11) is 0. The molecular formula is C29H51N11O10. The zero-order valence-electron chi connectivity index (χ0n) is 28.4. The summed E-state index contributed by atoms with van der Waals surface area (Å²) in [5, 5.41) is 61.2. The second-order valence-electron chi connectivity index (χ2n) is 12.1. The second-order valence-corrected chi connectivity index (χ2v) is 12.1. The van der Waals surface area contributed by atoms with Gasteiger partial charge in [0.1, 0.15) is 30.2 Å². The van der Waals surface area contributed by atoms with E-state index in [1.54, 1.807) is 0 Å². The number of imidazole rings is 1. The van der Waals surface area contributed by atoms with Crippen molar-refractivity contribution in [3.63, 3.8) is 0 Å². The van der Waals surface area contributed by atoms with Crippen molar-refractivity contribution in [1.82, 2.24) is 41.9 Å². The lowest BCUT2D eigenvalue weighted by molar-refractivity contribution is -0.143. The lowest BCUT2D eigenvalue weighted by atomic mass is 10.0. The third kappa shape index (κ3) is 15.1. The summed E-state index contributed by atoms with van der Waals surface area (Å²) in [6.45, 7) is 5.18. The zero-order chi connectivity index (χ0) is 38.1. The Kier molecular flexibility index (Phi) is 18.4. The van der Waals surface area contributed by atoms with E-state index in [9.17, 15) is 49.2 Å². The van der Waals surface area contributed by atoms with Crippen LogP contribution < -0.4 is 43.4 Å². The van der Waals surface area contributed by atoms with Crippen molar-refractivity contribution >= 4 is 41.5 Å². The van der Waals surface area contributed by atoms with Crippen LogP contribution in [-0.4, -0.2) is 133 Å². The number of carboxylic acids is 1. The number of aliphatic hydroxyl groups excluding tert-OH is 3. The van der Waals surface area contributed by atoms with Crippen LogP contribution in [0.25, 0.3) is 0 Å². The Bertz CT molecular complexity index is 1290. The average molecular weight is 714 g/mol. The van der Waals surface area contributed by atoms with Gasteiger partial charge in [-0.2, -0.15) is 0 Å². The molecule has 0 aliphatic heterocycles. The van der Waals surface area contributed by atoms with Gasteiger partial charge in [-0.15, -0.1) is 0 Å². The Hall–Kier alpha value is -4.86. The molecule has 16 N–H and O–H groups in total. The summed E-state index contributed by atoms with van der Waals surface area (Å²) in [6.07, 6.45) is -0.105. The standard InChI is InChI=1S/C29H51N11O10/c1-13(2)8-17(30)23(44)36-18(6-5-7-34-29(31)32)24(45)38-20(11-41)25(46)39-22(15(4)43)27(48)40-21(14(3)42)26(47)37-19(28(49)50)9-16-10-33-12-35-16/h10,12-15,17-22,41-43H,5-9,11,30H2,1-4H3,(H,33,35)(H,36,44)(H,37,47)(H,38,45)(H,39,46)(H,40,48)(H,49,50)(H4,31,32,34)/t14-,15-,17+,18+,19+,20+,21+,22+/m1/s1. The highest BCUT2D eigenvalue weighted by Gasteiger charge is 2.36. The van der Waals surface area contributed by atoms with Gasteiger partial charge in [0.05, 0.1) is 36.9 Å². The fourth-order valence-electron chi connectivity index (χ4n) is 4.54. The van der Waals surface area contributed by atoms with Crippen molar-refractivity contribution in [3.05, 3.63) is 18.2 Å². The molecule has 0 unspecified atom stereocenters. The first-order valence-corrected chi connectivity index (χ1v) is 15.9. The normalized spacial score (nSPS) is 15.9. The number of amides is 5. The van der Waals surface area contributed by atoms with Crippen LogP contribution in [0, 0.1) is 11.3 Å². The summed E-state index contributed by atoms with van der Waals surface area (Å²) in [5.74, 6) is -6.58. The van der Waals surface area contributed by atoms with E-state index < -0.39 is 90.6 Å². The topological polar surface area (TPSA) is 360 Å². The van der Waals surface area contributed by atoms with Gasteiger partial charge in [0.25, 0.3) is 0 Å². The number of nitrogens with one attached hydrogen (secondary N) is 8. The molecule has 0 radical (unpaired) electrons. The number of aliphatic carboxylic acids is 1. The van der Waals surface area contributed by atoms with E-state index in [1.807, 2.05) is 13.8 Å². The minimum Gasteiger partial charge on any atom is -0.480 e. The molecule has 21 heteroatoms. The number of guanidine groups is 1. The highest BCUT2D eigenvalue weighted by atomic mass is 16.4. The molecule has 0 saturated heterocycles. The fraction of sp³-hybridized carbons (Fsp3) is 0.655. The number of nitrogens with two attached hydrogens (primary N) is 2. The lowest BCUT2D eigenvalue weighted by Crippen LogP contribution is -2.63. The number of aromatic amines is 1. The highest BCUT2D eigenvalue weighted by molar-refractivity contribution is 5.96. The van der Waals surface area contributed by atoms with Gasteiger partial charge in [-0.25, -0.2) is 9.78 Å². The maximum absolute atomic E-state index is 13.2. The first-order valence-electron chi connectivity index (χ1n) is 15.9. The van der Waals surface area contributed by atoms with Gasteiger partial charge in [-0.05, 0) is 39.0 Å². The van der Waals surface area contributed by atoms with Crippen molar-refractivity contribution in [3.8, 4) is 0 Å². The summed E-state index contributed by atoms with van der Waals surface area (Å²) in [5.41, 5.74) is 11.5. The van der Waals surface area contributed by atoms with E-state index >= 15 is 0 Å². The third-order valence-electron chi connectivity index (χ3n) is 7.20. The molecule has 0 aromatic carbocycles. The first-order chi connectivity index (χ1) is 23.4. The zero-order valence-corrected chi connectivity index (χ0v) is 28.4. The van der Waals surface area contributed by atoms with Crippen molar-refractivity contribution < 1.29 is 49.2 Å². The van der Waals surface area contributed by atoms with Gasteiger partial charge in [0, 0.05) is 19.2 Å². The van der Waals surface area contributed by atoms with Crippen molar-refractivity contribution in [1.29, 1.82) is 5.41 Å². The maximum atomic E-state index is 13.2. The molecule has 0 fully saturated rings. The quantitative estimate of drug-likeness (QED) is 0.0304. The number of carbonyl (C=O) groups is 6. The molecule has 5 amide bonds. The Labute approximate surface area is 288 Å². The number of rotatable bonds is 22. The molecule has 1 heterocycles. The molecule has 50 heavy (non-hydrogen) atoms. The van der Waals surface area contributed by atoms with Gasteiger partial charge in [-0.3, -0.25) is 29.4 Å². The Morgan fingerprint density at radius 1 is 0.840 bits per heavy atom. The van der Waals surface area contributed by atoms with E-state index in [0.717, 1.165) is 13.8 Å². The fourth-order valence-corrected chi connectivity index (χ4v) is 4.54. The predicted octanol–water partition coefficient (Wildman–Crippen LogP) is -5.15. The van der Waals surface area contributed by atoms with Crippen molar-refractivity contribution in [2.45, 2.75) is 102 Å². The molecular weight excluding hydrogens is 662 g/mol. The van der Waals surface area contributed by atoms with Crippen LogP contribution in [0.4, 0.5) is 0 Å². The number of hydrogen-bond acceptors (Lipinski definition) is 12. The number of H-pyrrole nitrogens is 1. The molecule has 0 bridgehead atoms. The molecule has 0 aliphatic rings. The van der Waals surface area contributed by atoms with E-state index in [2.05, 4.69) is 41.9 Å². The van der Waals surface area contributed by atoms with Crippen LogP contribution in [0.3, 0.4) is 0 Å². The smallest absolute Gasteiger partial charge is 0.326 e. The molecule has 0 spiro atoms. The largest absolute Gasteiger partial charge is 0.480 e. The Morgan fingerprint density at radius 3 is 1.84 bits per heavy atom. The van der Waals surface area contributed by atoms with E-state index in [4.69, 9.17) is 16.9 Å². The molecule has 1 aromatic heterocycles. The lowest BCUT2D eigenvalue weighted by Gasteiger charge is -2.28. The Balaban J connectivity index is 3.05. The monoisotopic (exact) mass is 713 g/mol. The molecule has 282 valence electrons. The number of aromatic nitrogens is 2. The average Bonchev–Trinajstić information content (AvgIpc) is 3.54. The van der Waals surface area contributed by atoms with E-state index in [0.29, 0.717) is 12.1 Å². The van der Waals surface area contributed by atoms with Gasteiger partial charge in [0.2, 0.25) is 29.5 Å². The molecule has 8 atom stereocenters. The van der Waals surface area contributed by atoms with Crippen molar-refractivity contribution in [2.75, 3.05) is 13.2 Å². The molecule has 0 aliphatic carbocycles. The SMILES string of the molecule is CC(C)C[C@H](N)C(=O)N[C@@H](CCCNC(=N)N)C(=O)N[C@@H](CO)C(=O)N[C@H](C(=O)N[C@H](C(=O)N[C@@H](Cc1c[nH]cn1)C(=O)O)[C@@H](C)O)[C@@H](C)O. The van der Waals surface area contributed by atoms with Gasteiger partial charge in [-0.1, -0.05) is 13.8 Å². The van der Waals surface area contributed by atoms with Crippen LogP contribution in [0.1, 0.15) is 52.7 Å². The van der Waals surface area contributed by atoms with Crippen LogP contribution in [0.15, 0.2) is 12.5 Å². The van der Waals surface area contributed by atoms with Crippen LogP contribution in [0.5, 0.6) is 0 Å². The maximum Gasteiger partial charge on any atom is 0.326 e. The second kappa shape index (κ2) is 21.3. The summed E-state index contributed by atoms with van der Waals surface area (Å²) < 4.78 is 0. The summed E-state index contributed by atoms with van der Waals surface area (Å²) >= 11 is 0.